The highest BCUT2D eigenvalue weighted by Gasteiger charge is 2.28. The lowest BCUT2D eigenvalue weighted by Crippen LogP contribution is -2.39. The third-order valence-corrected chi connectivity index (χ3v) is 3.96. The summed E-state index contributed by atoms with van der Waals surface area (Å²) in [4.78, 5) is 8.59. The number of benzene rings is 1. The van der Waals surface area contributed by atoms with Crippen LogP contribution >= 0.6 is 24.0 Å². The first-order chi connectivity index (χ1) is 12.8. The molecule has 2 aromatic rings. The molecule has 1 aromatic carbocycles. The monoisotopic (exact) mass is 515 g/mol. The SMILES string of the molecule is CCNC(=NCCN(C)CC(F)(F)F)NCCc1c[nH]c2ccc(F)cc12.I. The second-order valence-electron chi connectivity index (χ2n) is 6.29. The molecule has 5 nitrogen and oxygen atoms in total. The van der Waals surface area contributed by atoms with Crippen LogP contribution in [0.2, 0.25) is 0 Å². The second kappa shape index (κ2) is 11.4. The smallest absolute Gasteiger partial charge is 0.361 e. The van der Waals surface area contributed by atoms with E-state index in [0.29, 0.717) is 25.5 Å². The van der Waals surface area contributed by atoms with Crippen molar-refractivity contribution in [2.75, 3.05) is 39.8 Å². The molecule has 0 unspecified atom stereocenters. The molecule has 0 aliphatic heterocycles. The van der Waals surface area contributed by atoms with Crippen LogP contribution in [0, 0.1) is 5.82 Å². The van der Waals surface area contributed by atoms with Gasteiger partial charge in [0.25, 0.3) is 0 Å². The quantitative estimate of drug-likeness (QED) is 0.218. The average Bonchev–Trinajstić information content (AvgIpc) is 2.95. The summed E-state index contributed by atoms with van der Waals surface area (Å²) in [6.45, 7) is 2.62. The van der Waals surface area contributed by atoms with Crippen molar-refractivity contribution in [3.63, 3.8) is 0 Å². The summed E-state index contributed by atoms with van der Waals surface area (Å²) in [5.41, 5.74) is 1.86. The van der Waals surface area contributed by atoms with Crippen LogP contribution in [-0.4, -0.2) is 61.8 Å². The van der Waals surface area contributed by atoms with Gasteiger partial charge in [0.05, 0.1) is 13.1 Å². The molecule has 2 rings (SSSR count). The molecule has 1 heterocycles. The Kier molecular flexibility index (Phi) is 10.0. The third kappa shape index (κ3) is 8.21. The van der Waals surface area contributed by atoms with E-state index < -0.39 is 12.7 Å². The van der Waals surface area contributed by atoms with Crippen LogP contribution < -0.4 is 10.6 Å². The Hall–Kier alpha value is -1.56. The largest absolute Gasteiger partial charge is 0.401 e. The van der Waals surface area contributed by atoms with E-state index >= 15 is 0 Å². The summed E-state index contributed by atoms with van der Waals surface area (Å²) in [5, 5.41) is 7.05. The van der Waals surface area contributed by atoms with Gasteiger partial charge < -0.3 is 15.6 Å². The van der Waals surface area contributed by atoms with Gasteiger partial charge in [-0.05, 0) is 44.2 Å². The minimum absolute atomic E-state index is 0. The zero-order valence-corrected chi connectivity index (χ0v) is 18.2. The molecule has 0 fully saturated rings. The lowest BCUT2D eigenvalue weighted by molar-refractivity contribution is -0.142. The topological polar surface area (TPSA) is 55.5 Å². The maximum Gasteiger partial charge on any atom is 0.401 e. The molecule has 0 aliphatic rings. The molecule has 0 bridgehead atoms. The van der Waals surface area contributed by atoms with Crippen LogP contribution in [0.25, 0.3) is 10.9 Å². The van der Waals surface area contributed by atoms with Crippen LogP contribution in [-0.2, 0) is 6.42 Å². The molecular weight excluding hydrogens is 489 g/mol. The number of likely N-dealkylation sites (N-methyl/N-ethyl adjacent to an activating group) is 1. The van der Waals surface area contributed by atoms with Crippen molar-refractivity contribution >= 4 is 40.8 Å². The average molecular weight is 515 g/mol. The number of alkyl halides is 3. The van der Waals surface area contributed by atoms with Crippen molar-refractivity contribution in [1.82, 2.24) is 20.5 Å². The van der Waals surface area contributed by atoms with E-state index in [1.54, 1.807) is 6.07 Å². The number of aliphatic imine (C=N–C) groups is 1. The summed E-state index contributed by atoms with van der Waals surface area (Å²) in [7, 11) is 1.42. The van der Waals surface area contributed by atoms with Crippen molar-refractivity contribution < 1.29 is 17.6 Å². The van der Waals surface area contributed by atoms with Crippen molar-refractivity contribution in [2.45, 2.75) is 19.5 Å². The first-order valence-corrected chi connectivity index (χ1v) is 8.81. The lowest BCUT2D eigenvalue weighted by Gasteiger charge is -2.17. The number of guanidine groups is 1. The van der Waals surface area contributed by atoms with Gasteiger partial charge in [-0.1, -0.05) is 0 Å². The standard InChI is InChI=1S/C18H25F4N5.HI/c1-3-23-17(25-8-9-27(2)12-18(20,21)22)24-7-6-13-11-26-16-5-4-14(19)10-15(13)16;/h4-5,10-11,26H,3,6-9,12H2,1-2H3,(H2,23,24,25);1H. The number of nitrogens with zero attached hydrogens (tertiary/aromatic N) is 2. The van der Waals surface area contributed by atoms with Crippen LogP contribution in [0.15, 0.2) is 29.4 Å². The Balaban J connectivity index is 0.00000392. The molecule has 3 N–H and O–H groups in total. The van der Waals surface area contributed by atoms with E-state index in [1.807, 2.05) is 13.1 Å². The molecule has 0 saturated carbocycles. The zero-order valence-electron chi connectivity index (χ0n) is 15.9. The molecular formula is C18H26F4IN5. The van der Waals surface area contributed by atoms with E-state index in [1.165, 1.54) is 24.1 Å². The molecule has 0 spiro atoms. The highest BCUT2D eigenvalue weighted by Crippen LogP contribution is 2.19. The number of hydrogen-bond donors (Lipinski definition) is 3. The molecule has 0 atom stereocenters. The second-order valence-corrected chi connectivity index (χ2v) is 6.29. The first-order valence-electron chi connectivity index (χ1n) is 8.81. The fourth-order valence-electron chi connectivity index (χ4n) is 2.73. The van der Waals surface area contributed by atoms with E-state index in [9.17, 15) is 17.6 Å². The number of halogens is 5. The predicted octanol–water partition coefficient (Wildman–Crippen LogP) is 3.52. The molecule has 0 aliphatic carbocycles. The summed E-state index contributed by atoms with van der Waals surface area (Å²) >= 11 is 0. The maximum absolute atomic E-state index is 13.4. The highest BCUT2D eigenvalue weighted by atomic mass is 127. The van der Waals surface area contributed by atoms with E-state index in [-0.39, 0.29) is 42.9 Å². The predicted molar refractivity (Wildman–Crippen MR) is 115 cm³/mol. The number of fused-ring (bicyclic) bond motifs is 1. The van der Waals surface area contributed by atoms with Gasteiger partial charge in [0, 0.05) is 36.7 Å². The number of aromatic amines is 1. The summed E-state index contributed by atoms with van der Waals surface area (Å²) in [5.74, 6) is 0.262. The third-order valence-electron chi connectivity index (χ3n) is 3.96. The van der Waals surface area contributed by atoms with Gasteiger partial charge in [-0.25, -0.2) is 4.39 Å². The normalized spacial score (nSPS) is 12.3. The van der Waals surface area contributed by atoms with Crippen molar-refractivity contribution in [3.8, 4) is 0 Å². The number of H-pyrrole nitrogens is 1. The van der Waals surface area contributed by atoms with Crippen molar-refractivity contribution in [1.29, 1.82) is 0 Å². The molecule has 1 aromatic heterocycles. The van der Waals surface area contributed by atoms with Crippen LogP contribution in [0.4, 0.5) is 17.6 Å². The van der Waals surface area contributed by atoms with Gasteiger partial charge in [0.15, 0.2) is 5.96 Å². The molecule has 28 heavy (non-hydrogen) atoms. The molecule has 0 amide bonds. The zero-order chi connectivity index (χ0) is 19.9. The van der Waals surface area contributed by atoms with Gasteiger partial charge in [0.1, 0.15) is 5.82 Å². The fourth-order valence-corrected chi connectivity index (χ4v) is 2.73. The Bertz CT molecular complexity index is 760. The Morgan fingerprint density at radius 2 is 2.00 bits per heavy atom. The first kappa shape index (κ1) is 24.5. The van der Waals surface area contributed by atoms with Gasteiger partial charge >= 0.3 is 6.18 Å². The molecule has 158 valence electrons. The van der Waals surface area contributed by atoms with Crippen molar-refractivity contribution in [3.05, 3.63) is 35.8 Å². The van der Waals surface area contributed by atoms with Gasteiger partial charge in [-0.3, -0.25) is 9.89 Å². The number of rotatable bonds is 8. The summed E-state index contributed by atoms with van der Waals surface area (Å²) < 4.78 is 50.4. The van der Waals surface area contributed by atoms with Gasteiger partial charge in [-0.2, -0.15) is 13.2 Å². The number of nitrogens with one attached hydrogen (secondary N) is 3. The molecule has 10 heteroatoms. The Labute approximate surface area is 179 Å². The van der Waals surface area contributed by atoms with Crippen molar-refractivity contribution in [2.24, 2.45) is 4.99 Å². The van der Waals surface area contributed by atoms with Crippen LogP contribution in [0.3, 0.4) is 0 Å². The van der Waals surface area contributed by atoms with Crippen LogP contribution in [0.1, 0.15) is 12.5 Å². The lowest BCUT2D eigenvalue weighted by atomic mass is 10.1. The molecule has 0 saturated heterocycles. The van der Waals surface area contributed by atoms with Gasteiger partial charge in [-0.15, -0.1) is 24.0 Å². The maximum atomic E-state index is 13.4. The summed E-state index contributed by atoms with van der Waals surface area (Å²) in [6.07, 6.45) is -1.70. The van der Waals surface area contributed by atoms with E-state index in [2.05, 4.69) is 20.6 Å². The molecule has 0 radical (unpaired) electrons. The number of hydrogen-bond acceptors (Lipinski definition) is 2. The van der Waals surface area contributed by atoms with Crippen LogP contribution in [0.5, 0.6) is 0 Å². The Morgan fingerprint density at radius 1 is 1.25 bits per heavy atom. The fraction of sp³-hybridized carbons (Fsp3) is 0.500. The van der Waals surface area contributed by atoms with E-state index in [4.69, 9.17) is 0 Å². The number of aromatic nitrogens is 1. The minimum atomic E-state index is -4.21. The summed E-state index contributed by atoms with van der Waals surface area (Å²) in [6, 6.07) is 4.61. The highest BCUT2D eigenvalue weighted by molar-refractivity contribution is 14.0. The minimum Gasteiger partial charge on any atom is -0.361 e. The Morgan fingerprint density at radius 3 is 2.68 bits per heavy atom. The van der Waals surface area contributed by atoms with E-state index in [0.717, 1.165) is 16.5 Å². The van der Waals surface area contributed by atoms with Gasteiger partial charge in [0.2, 0.25) is 0 Å².